The summed E-state index contributed by atoms with van der Waals surface area (Å²) in [5, 5.41) is 12.2. The van der Waals surface area contributed by atoms with E-state index < -0.39 is 0 Å². The Kier molecular flexibility index (Phi) is 3.68. The zero-order valence-electron chi connectivity index (χ0n) is 10.6. The highest BCUT2D eigenvalue weighted by molar-refractivity contribution is 5.81. The van der Waals surface area contributed by atoms with E-state index in [0.29, 0.717) is 17.9 Å². The molecule has 2 rings (SSSR count). The molecule has 0 fully saturated rings. The van der Waals surface area contributed by atoms with Crippen molar-refractivity contribution in [3.05, 3.63) is 29.3 Å². The molecule has 1 aromatic carbocycles. The standard InChI is InChI=1S/C13H16N4O/c1-17-6-5-15-13(17)16-9-10-3-4-11(8-14)12(7-10)18-2/h3-4,7H,5-6,9H2,1-2H3,(H,15,16). The Labute approximate surface area is 107 Å². The highest BCUT2D eigenvalue weighted by atomic mass is 16.5. The van der Waals surface area contributed by atoms with Gasteiger partial charge in [0.15, 0.2) is 5.96 Å². The van der Waals surface area contributed by atoms with Gasteiger partial charge in [0.05, 0.1) is 19.2 Å². The molecule has 0 saturated carbocycles. The van der Waals surface area contributed by atoms with Crippen molar-refractivity contribution in [3.8, 4) is 11.8 Å². The zero-order valence-corrected chi connectivity index (χ0v) is 10.6. The second-order valence-electron chi connectivity index (χ2n) is 4.13. The van der Waals surface area contributed by atoms with Gasteiger partial charge in [-0.15, -0.1) is 0 Å². The fourth-order valence-corrected chi connectivity index (χ4v) is 1.84. The Hall–Kier alpha value is -2.22. The Morgan fingerprint density at radius 3 is 3.00 bits per heavy atom. The van der Waals surface area contributed by atoms with Crippen LogP contribution in [0.15, 0.2) is 23.2 Å². The molecule has 0 bridgehead atoms. The maximum Gasteiger partial charge on any atom is 0.194 e. The fourth-order valence-electron chi connectivity index (χ4n) is 1.84. The van der Waals surface area contributed by atoms with Crippen molar-refractivity contribution in [2.24, 2.45) is 4.99 Å². The smallest absolute Gasteiger partial charge is 0.194 e. The Bertz CT molecular complexity index is 504. The molecule has 18 heavy (non-hydrogen) atoms. The molecular formula is C13H16N4O. The maximum atomic E-state index is 8.91. The summed E-state index contributed by atoms with van der Waals surface area (Å²) in [6.07, 6.45) is 0. The number of nitriles is 1. The van der Waals surface area contributed by atoms with Crippen LogP contribution in [0.1, 0.15) is 11.1 Å². The van der Waals surface area contributed by atoms with E-state index >= 15 is 0 Å². The minimum absolute atomic E-state index is 0.552. The number of guanidine groups is 1. The molecule has 0 saturated heterocycles. The second kappa shape index (κ2) is 5.41. The average molecular weight is 244 g/mol. The van der Waals surface area contributed by atoms with Crippen molar-refractivity contribution < 1.29 is 4.74 Å². The lowest BCUT2D eigenvalue weighted by atomic mass is 10.1. The van der Waals surface area contributed by atoms with Crippen LogP contribution >= 0.6 is 0 Å². The lowest BCUT2D eigenvalue weighted by molar-refractivity contribution is 0.413. The number of likely N-dealkylation sites (N-methyl/N-ethyl adjacent to an activating group) is 1. The molecule has 5 heteroatoms. The largest absolute Gasteiger partial charge is 0.495 e. The van der Waals surface area contributed by atoms with Gasteiger partial charge in [-0.25, -0.2) is 0 Å². The molecule has 5 nitrogen and oxygen atoms in total. The highest BCUT2D eigenvalue weighted by Crippen LogP contribution is 2.19. The van der Waals surface area contributed by atoms with Gasteiger partial charge in [-0.3, -0.25) is 4.99 Å². The number of rotatable bonds is 3. The molecule has 0 spiro atoms. The third-order valence-electron chi connectivity index (χ3n) is 2.90. The SMILES string of the molecule is COc1cc(CNC2=NCCN2C)ccc1C#N. The lowest BCUT2D eigenvalue weighted by Crippen LogP contribution is -2.35. The van der Waals surface area contributed by atoms with Crippen LogP contribution in [-0.4, -0.2) is 38.1 Å². The molecule has 0 amide bonds. The van der Waals surface area contributed by atoms with Crippen molar-refractivity contribution in [2.75, 3.05) is 27.2 Å². The van der Waals surface area contributed by atoms with Crippen LogP contribution in [0.25, 0.3) is 0 Å². The van der Waals surface area contributed by atoms with Crippen molar-refractivity contribution in [2.45, 2.75) is 6.54 Å². The summed E-state index contributed by atoms with van der Waals surface area (Å²) in [5.41, 5.74) is 1.62. The minimum atomic E-state index is 0.552. The molecule has 94 valence electrons. The van der Waals surface area contributed by atoms with Crippen molar-refractivity contribution in [1.82, 2.24) is 10.2 Å². The number of ether oxygens (including phenoxy) is 1. The topological polar surface area (TPSA) is 60.6 Å². The number of aliphatic imine (C=N–C) groups is 1. The highest BCUT2D eigenvalue weighted by Gasteiger charge is 2.11. The van der Waals surface area contributed by atoms with Crippen LogP contribution in [0.3, 0.4) is 0 Å². The summed E-state index contributed by atoms with van der Waals surface area (Å²) in [6, 6.07) is 7.67. The summed E-state index contributed by atoms with van der Waals surface area (Å²) in [6.45, 7) is 2.47. The van der Waals surface area contributed by atoms with E-state index in [1.807, 2.05) is 19.2 Å². The van der Waals surface area contributed by atoms with Crippen LogP contribution in [0, 0.1) is 11.3 Å². The van der Waals surface area contributed by atoms with E-state index in [1.165, 1.54) is 0 Å². The van der Waals surface area contributed by atoms with Crippen molar-refractivity contribution in [3.63, 3.8) is 0 Å². The fraction of sp³-hybridized carbons (Fsp3) is 0.385. The van der Waals surface area contributed by atoms with Gasteiger partial charge in [0.25, 0.3) is 0 Å². The first kappa shape index (κ1) is 12.2. The molecule has 0 aromatic heterocycles. The summed E-state index contributed by atoms with van der Waals surface area (Å²) in [4.78, 5) is 6.44. The molecule has 1 aliphatic rings. The summed E-state index contributed by atoms with van der Waals surface area (Å²) < 4.78 is 5.18. The van der Waals surface area contributed by atoms with Crippen LogP contribution in [0.4, 0.5) is 0 Å². The Balaban J connectivity index is 2.04. The molecule has 1 N–H and O–H groups in total. The third-order valence-corrected chi connectivity index (χ3v) is 2.90. The van der Waals surface area contributed by atoms with E-state index in [1.54, 1.807) is 13.2 Å². The molecule has 0 unspecified atom stereocenters. The van der Waals surface area contributed by atoms with Gasteiger partial charge in [-0.2, -0.15) is 5.26 Å². The lowest BCUT2D eigenvalue weighted by Gasteiger charge is -2.15. The summed E-state index contributed by atoms with van der Waals surface area (Å²) in [7, 11) is 3.58. The molecule has 0 aliphatic carbocycles. The van der Waals surface area contributed by atoms with Crippen LogP contribution in [0.5, 0.6) is 5.75 Å². The van der Waals surface area contributed by atoms with Gasteiger partial charge in [0.1, 0.15) is 11.8 Å². The van der Waals surface area contributed by atoms with Gasteiger partial charge in [-0.1, -0.05) is 6.07 Å². The minimum Gasteiger partial charge on any atom is -0.495 e. The molecule has 0 radical (unpaired) electrons. The average Bonchev–Trinajstić information content (AvgIpc) is 2.81. The van der Waals surface area contributed by atoms with Crippen molar-refractivity contribution >= 4 is 5.96 Å². The first-order chi connectivity index (χ1) is 8.74. The first-order valence-electron chi connectivity index (χ1n) is 5.81. The molecule has 1 aromatic rings. The number of benzene rings is 1. The second-order valence-corrected chi connectivity index (χ2v) is 4.13. The molecule has 0 atom stereocenters. The van der Waals surface area contributed by atoms with Crippen LogP contribution in [0.2, 0.25) is 0 Å². The van der Waals surface area contributed by atoms with Gasteiger partial charge in [-0.05, 0) is 17.7 Å². The third kappa shape index (κ3) is 2.54. The number of methoxy groups -OCH3 is 1. The number of hydrogen-bond donors (Lipinski definition) is 1. The number of nitrogens with one attached hydrogen (secondary N) is 1. The van der Waals surface area contributed by atoms with Gasteiger partial charge in [0.2, 0.25) is 0 Å². The zero-order chi connectivity index (χ0) is 13.0. The monoisotopic (exact) mass is 244 g/mol. The van der Waals surface area contributed by atoms with E-state index in [4.69, 9.17) is 10.00 Å². The summed E-state index contributed by atoms with van der Waals surface area (Å²) >= 11 is 0. The number of hydrogen-bond acceptors (Lipinski definition) is 5. The number of nitrogens with zero attached hydrogens (tertiary/aromatic N) is 3. The first-order valence-corrected chi connectivity index (χ1v) is 5.81. The normalized spacial score (nSPS) is 14.1. The van der Waals surface area contributed by atoms with Gasteiger partial charge < -0.3 is 15.0 Å². The van der Waals surface area contributed by atoms with E-state index in [2.05, 4.69) is 21.3 Å². The Morgan fingerprint density at radius 2 is 2.39 bits per heavy atom. The quantitative estimate of drug-likeness (QED) is 0.860. The predicted molar refractivity (Wildman–Crippen MR) is 69.5 cm³/mol. The molecule has 1 heterocycles. The predicted octanol–water partition coefficient (Wildman–Crippen LogP) is 0.958. The van der Waals surface area contributed by atoms with Crippen molar-refractivity contribution in [1.29, 1.82) is 5.26 Å². The van der Waals surface area contributed by atoms with Gasteiger partial charge in [0, 0.05) is 20.1 Å². The molecular weight excluding hydrogens is 228 g/mol. The van der Waals surface area contributed by atoms with E-state index in [9.17, 15) is 0 Å². The van der Waals surface area contributed by atoms with Crippen LogP contribution < -0.4 is 10.1 Å². The van der Waals surface area contributed by atoms with Gasteiger partial charge >= 0.3 is 0 Å². The van der Waals surface area contributed by atoms with E-state index in [-0.39, 0.29) is 0 Å². The summed E-state index contributed by atoms with van der Waals surface area (Å²) in [5.74, 6) is 1.52. The van der Waals surface area contributed by atoms with Crippen LogP contribution in [-0.2, 0) is 6.54 Å². The maximum absolute atomic E-state index is 8.91. The molecule has 1 aliphatic heterocycles. The Morgan fingerprint density at radius 1 is 1.56 bits per heavy atom. The van der Waals surface area contributed by atoms with E-state index in [0.717, 1.165) is 24.6 Å².